The minimum absolute atomic E-state index is 0.197. The molecule has 0 aliphatic carbocycles. The second-order valence-electron chi connectivity index (χ2n) is 6.60. The molecule has 0 saturated heterocycles. The first-order chi connectivity index (χ1) is 14.0. The summed E-state index contributed by atoms with van der Waals surface area (Å²) in [5, 5.41) is 0. The third-order valence-corrected chi connectivity index (χ3v) is 4.91. The lowest BCUT2D eigenvalue weighted by Crippen LogP contribution is -2.23. The number of benzene rings is 1. The van der Waals surface area contributed by atoms with E-state index in [4.69, 9.17) is 0 Å². The fraction of sp³-hybridized carbons (Fsp3) is 0.100. The van der Waals surface area contributed by atoms with Crippen LogP contribution in [0.2, 0.25) is 0 Å². The van der Waals surface area contributed by atoms with Crippen molar-refractivity contribution >= 4 is 16.8 Å². The van der Waals surface area contributed by atoms with Crippen LogP contribution in [0.15, 0.2) is 59.8 Å². The molecule has 0 amide bonds. The minimum atomic E-state index is -0.718. The van der Waals surface area contributed by atoms with Gasteiger partial charge in [-0.2, -0.15) is 0 Å². The summed E-state index contributed by atoms with van der Waals surface area (Å²) in [6.45, 7) is -0.279. The number of nitrogens with zero attached hydrogens (tertiary/aromatic N) is 6. The zero-order valence-electron chi connectivity index (χ0n) is 15.3. The molecule has 0 saturated carbocycles. The van der Waals surface area contributed by atoms with Crippen LogP contribution >= 0.6 is 0 Å². The highest BCUT2D eigenvalue weighted by Gasteiger charge is 2.18. The van der Waals surface area contributed by atoms with Gasteiger partial charge in [0.05, 0.1) is 18.9 Å². The number of halogens is 2. The van der Waals surface area contributed by atoms with Gasteiger partial charge < -0.3 is 0 Å². The van der Waals surface area contributed by atoms with Crippen molar-refractivity contribution in [3.05, 3.63) is 82.7 Å². The van der Waals surface area contributed by atoms with E-state index in [0.29, 0.717) is 17.0 Å². The first kappa shape index (κ1) is 17.2. The largest absolute Gasteiger partial charge is 0.330 e. The van der Waals surface area contributed by atoms with E-state index in [0.717, 1.165) is 17.8 Å². The molecule has 29 heavy (non-hydrogen) atoms. The quantitative estimate of drug-likeness (QED) is 0.473. The maximum absolute atomic E-state index is 14.1. The minimum Gasteiger partial charge on any atom is -0.297 e. The predicted molar refractivity (Wildman–Crippen MR) is 102 cm³/mol. The number of hydrogen-bond donors (Lipinski definition) is 0. The van der Waals surface area contributed by atoms with E-state index in [1.54, 1.807) is 13.2 Å². The third-order valence-electron chi connectivity index (χ3n) is 4.91. The number of fused-ring (bicyclic) bond motifs is 2. The van der Waals surface area contributed by atoms with E-state index >= 15 is 0 Å². The summed E-state index contributed by atoms with van der Waals surface area (Å²) in [5.74, 6) is -1.08. The highest BCUT2D eigenvalue weighted by Crippen LogP contribution is 2.21. The fourth-order valence-corrected chi connectivity index (χ4v) is 3.38. The van der Waals surface area contributed by atoms with Crippen LogP contribution in [0.3, 0.4) is 0 Å². The van der Waals surface area contributed by atoms with Crippen LogP contribution in [0.1, 0.15) is 5.56 Å². The fourth-order valence-electron chi connectivity index (χ4n) is 3.38. The van der Waals surface area contributed by atoms with E-state index in [-0.39, 0.29) is 17.8 Å². The maximum Gasteiger partial charge on any atom is 0.330 e. The standard InChI is InChI=1S/C20H14F2N6O/c1-26-16-10-24-18(15-9-23-17-7-2-3-8-27(15)17)25-19(16)28(20(26)29)11-12-13(21)5-4-6-14(12)22/h2-10H,11H2,1H3. The number of aryl methyl sites for hydroxylation is 1. The smallest absolute Gasteiger partial charge is 0.297 e. The Morgan fingerprint density at radius 3 is 2.59 bits per heavy atom. The van der Waals surface area contributed by atoms with Gasteiger partial charge >= 0.3 is 5.69 Å². The van der Waals surface area contributed by atoms with Gasteiger partial charge in [0.25, 0.3) is 0 Å². The summed E-state index contributed by atoms with van der Waals surface area (Å²) in [4.78, 5) is 25.9. The lowest BCUT2D eigenvalue weighted by atomic mass is 10.2. The summed E-state index contributed by atoms with van der Waals surface area (Å²) in [6, 6.07) is 9.18. The van der Waals surface area contributed by atoms with Crippen LogP contribution < -0.4 is 5.69 Å². The van der Waals surface area contributed by atoms with Crippen molar-refractivity contribution in [2.75, 3.05) is 0 Å². The second-order valence-corrected chi connectivity index (χ2v) is 6.60. The van der Waals surface area contributed by atoms with Gasteiger partial charge in [0.1, 0.15) is 28.5 Å². The summed E-state index contributed by atoms with van der Waals surface area (Å²) in [6.07, 6.45) is 4.99. The van der Waals surface area contributed by atoms with Crippen LogP contribution in [0.25, 0.3) is 28.3 Å². The summed E-state index contributed by atoms with van der Waals surface area (Å²) in [7, 11) is 1.57. The molecule has 5 aromatic rings. The van der Waals surface area contributed by atoms with Crippen molar-refractivity contribution in [2.45, 2.75) is 6.54 Å². The molecule has 1 aromatic carbocycles. The van der Waals surface area contributed by atoms with Crippen LogP contribution in [0.5, 0.6) is 0 Å². The molecule has 9 heteroatoms. The third kappa shape index (κ3) is 2.62. The Balaban J connectivity index is 1.72. The zero-order chi connectivity index (χ0) is 20.1. The van der Waals surface area contributed by atoms with Crippen LogP contribution in [0, 0.1) is 11.6 Å². The molecule has 0 atom stereocenters. The first-order valence-corrected chi connectivity index (χ1v) is 8.82. The SMILES string of the molecule is Cn1c(=O)n(Cc2c(F)cccc2F)c2nc(-c3cnc4ccccn34)ncc21. The lowest BCUT2D eigenvalue weighted by Gasteiger charge is -2.06. The Kier molecular flexibility index (Phi) is 3.76. The average Bonchev–Trinajstić information content (AvgIpc) is 3.25. The van der Waals surface area contributed by atoms with E-state index in [9.17, 15) is 13.6 Å². The van der Waals surface area contributed by atoms with Crippen molar-refractivity contribution in [1.29, 1.82) is 0 Å². The molecule has 4 heterocycles. The van der Waals surface area contributed by atoms with Gasteiger partial charge in [-0.05, 0) is 24.3 Å². The van der Waals surface area contributed by atoms with Crippen molar-refractivity contribution in [2.24, 2.45) is 7.05 Å². The average molecular weight is 392 g/mol. The first-order valence-electron chi connectivity index (χ1n) is 8.82. The van der Waals surface area contributed by atoms with Gasteiger partial charge in [0.2, 0.25) is 0 Å². The molecular weight excluding hydrogens is 378 g/mol. The van der Waals surface area contributed by atoms with Crippen molar-refractivity contribution < 1.29 is 8.78 Å². The van der Waals surface area contributed by atoms with E-state index < -0.39 is 17.3 Å². The molecule has 0 bridgehead atoms. The Hall–Kier alpha value is -3.88. The van der Waals surface area contributed by atoms with Gasteiger partial charge in [0, 0.05) is 18.8 Å². The van der Waals surface area contributed by atoms with E-state index in [1.807, 2.05) is 28.8 Å². The van der Waals surface area contributed by atoms with Gasteiger partial charge in [-0.15, -0.1) is 0 Å². The Morgan fingerprint density at radius 1 is 1.00 bits per heavy atom. The van der Waals surface area contributed by atoms with Crippen LogP contribution in [0.4, 0.5) is 8.78 Å². The van der Waals surface area contributed by atoms with Gasteiger partial charge in [-0.1, -0.05) is 12.1 Å². The van der Waals surface area contributed by atoms with Crippen LogP contribution in [-0.4, -0.2) is 28.5 Å². The van der Waals surface area contributed by atoms with Crippen molar-refractivity contribution in [3.63, 3.8) is 0 Å². The number of imidazole rings is 2. The van der Waals surface area contributed by atoms with Gasteiger partial charge in [-0.3, -0.25) is 13.5 Å². The van der Waals surface area contributed by atoms with Crippen molar-refractivity contribution in [3.8, 4) is 11.5 Å². The molecule has 0 fully saturated rings. The number of pyridine rings is 1. The molecule has 0 unspecified atom stereocenters. The highest BCUT2D eigenvalue weighted by molar-refractivity contribution is 5.73. The summed E-state index contributed by atoms with van der Waals surface area (Å²) >= 11 is 0. The number of aromatic nitrogens is 6. The molecule has 4 aromatic heterocycles. The monoisotopic (exact) mass is 392 g/mol. The summed E-state index contributed by atoms with van der Waals surface area (Å²) in [5.41, 5.74) is 1.48. The zero-order valence-corrected chi connectivity index (χ0v) is 15.3. The number of rotatable bonds is 3. The van der Waals surface area contributed by atoms with Gasteiger partial charge in [-0.25, -0.2) is 28.5 Å². The lowest BCUT2D eigenvalue weighted by molar-refractivity contribution is 0.542. The Morgan fingerprint density at radius 2 is 1.79 bits per heavy atom. The molecule has 7 nitrogen and oxygen atoms in total. The normalized spacial score (nSPS) is 11.6. The predicted octanol–water partition coefficient (Wildman–Crippen LogP) is 2.77. The van der Waals surface area contributed by atoms with E-state index in [1.165, 1.54) is 21.4 Å². The molecule has 0 N–H and O–H groups in total. The molecule has 144 valence electrons. The Labute approximate surface area is 162 Å². The molecule has 0 spiro atoms. The topological polar surface area (TPSA) is 70.0 Å². The molecule has 0 aliphatic rings. The van der Waals surface area contributed by atoms with Crippen LogP contribution in [-0.2, 0) is 13.6 Å². The highest BCUT2D eigenvalue weighted by atomic mass is 19.1. The molecule has 5 rings (SSSR count). The maximum atomic E-state index is 14.1. The van der Waals surface area contributed by atoms with E-state index in [2.05, 4.69) is 15.0 Å². The summed E-state index contributed by atoms with van der Waals surface area (Å²) < 4.78 is 32.7. The van der Waals surface area contributed by atoms with Gasteiger partial charge in [0.15, 0.2) is 11.5 Å². The van der Waals surface area contributed by atoms with Crippen molar-refractivity contribution in [1.82, 2.24) is 28.5 Å². The molecular formula is C20H14F2N6O. The molecule has 0 aliphatic heterocycles. The Bertz CT molecular complexity index is 1430. The second kappa shape index (κ2) is 6.33. The molecule has 0 radical (unpaired) electrons. The number of hydrogen-bond acceptors (Lipinski definition) is 4.